The second-order valence-corrected chi connectivity index (χ2v) is 15.7. The molecule has 2 saturated heterocycles. The predicted molar refractivity (Wildman–Crippen MR) is 200 cm³/mol. The molecule has 3 aliphatic heterocycles. The van der Waals surface area contributed by atoms with Gasteiger partial charge in [0, 0.05) is 81.7 Å². The number of hydrogen-bond acceptors (Lipinski definition) is 14. The Morgan fingerprint density at radius 2 is 1.66 bits per heavy atom. The van der Waals surface area contributed by atoms with E-state index in [-0.39, 0.29) is 60.1 Å². The van der Waals surface area contributed by atoms with Gasteiger partial charge in [0.1, 0.15) is 28.9 Å². The van der Waals surface area contributed by atoms with Crippen molar-refractivity contribution in [2.45, 2.75) is 38.1 Å². The van der Waals surface area contributed by atoms with E-state index in [1.165, 1.54) is 31.6 Å². The fourth-order valence-electron chi connectivity index (χ4n) is 6.83. The third kappa shape index (κ3) is 8.09. The average molecular weight is 826 g/mol. The first-order chi connectivity index (χ1) is 27.5. The van der Waals surface area contributed by atoms with Crippen molar-refractivity contribution in [3.63, 3.8) is 0 Å². The van der Waals surface area contributed by atoms with Crippen molar-refractivity contribution >= 4 is 62.6 Å². The van der Waals surface area contributed by atoms with E-state index in [1.807, 2.05) is 17.0 Å². The highest BCUT2D eigenvalue weighted by atomic mass is 32.2. The first kappa shape index (κ1) is 39.9. The van der Waals surface area contributed by atoms with Crippen LogP contribution >= 0.6 is 0 Å². The Hall–Kier alpha value is -6.29. The monoisotopic (exact) mass is 825 g/mol. The van der Waals surface area contributed by atoms with Crippen LogP contribution in [0.4, 0.5) is 46.5 Å². The van der Waals surface area contributed by atoms with Gasteiger partial charge >= 0.3 is 6.18 Å². The van der Waals surface area contributed by atoms with E-state index in [0.29, 0.717) is 38.1 Å². The Bertz CT molecular complexity index is 2410. The number of nitrogens with one attached hydrogen (secondary N) is 3. The minimum Gasteiger partial charge on any atom is -0.369 e. The molecule has 0 saturated carbocycles. The molecule has 58 heavy (non-hydrogen) atoms. The Morgan fingerprint density at radius 3 is 2.33 bits per heavy atom. The van der Waals surface area contributed by atoms with E-state index >= 15 is 4.39 Å². The zero-order valence-corrected chi connectivity index (χ0v) is 31.7. The number of piperidine rings is 1. The van der Waals surface area contributed by atoms with E-state index < -0.39 is 63.1 Å². The molecule has 0 aliphatic carbocycles. The molecule has 1 unspecified atom stereocenters. The van der Waals surface area contributed by atoms with E-state index in [9.17, 15) is 40.8 Å². The Morgan fingerprint density at radius 1 is 0.948 bits per heavy atom. The molecule has 0 radical (unpaired) electrons. The van der Waals surface area contributed by atoms with Crippen LogP contribution < -0.4 is 25.2 Å². The van der Waals surface area contributed by atoms with Crippen LogP contribution in [0.3, 0.4) is 0 Å². The fourth-order valence-corrected chi connectivity index (χ4v) is 7.30. The number of amides is 4. The molecular formula is C36H35F4N11O6S. The van der Waals surface area contributed by atoms with Crippen molar-refractivity contribution in [2.24, 2.45) is 0 Å². The molecule has 304 valence electrons. The van der Waals surface area contributed by atoms with Gasteiger partial charge in [0.25, 0.3) is 11.8 Å². The summed E-state index contributed by atoms with van der Waals surface area (Å²) in [5, 5.41) is 7.61. The van der Waals surface area contributed by atoms with E-state index in [0.717, 1.165) is 21.1 Å². The van der Waals surface area contributed by atoms with Crippen molar-refractivity contribution < 1.29 is 45.2 Å². The highest BCUT2D eigenvalue weighted by Crippen LogP contribution is 2.35. The van der Waals surface area contributed by atoms with Gasteiger partial charge in [0.2, 0.25) is 27.8 Å². The third-order valence-corrected chi connectivity index (χ3v) is 11.1. The molecule has 17 nitrogen and oxygen atoms in total. The Balaban J connectivity index is 0.970. The maximum atomic E-state index is 15.8. The minimum absolute atomic E-state index is 0.0372. The van der Waals surface area contributed by atoms with Crippen LogP contribution in [0.15, 0.2) is 55.0 Å². The number of sulfonamides is 1. The second-order valence-electron chi connectivity index (χ2n) is 13.7. The van der Waals surface area contributed by atoms with Crippen LogP contribution in [0.2, 0.25) is 0 Å². The van der Waals surface area contributed by atoms with Gasteiger partial charge in [-0.2, -0.15) is 18.2 Å². The molecule has 4 aromatic rings. The number of fused-ring (bicyclic) bond motifs is 1. The summed E-state index contributed by atoms with van der Waals surface area (Å²) in [7, 11) is -2.49. The molecule has 4 amide bonds. The Labute approximate surface area is 328 Å². The van der Waals surface area contributed by atoms with Crippen LogP contribution in [0.1, 0.15) is 50.4 Å². The minimum atomic E-state index is -4.81. The second kappa shape index (κ2) is 15.6. The van der Waals surface area contributed by atoms with Gasteiger partial charge in [-0.05, 0) is 36.8 Å². The Kier molecular flexibility index (Phi) is 10.7. The molecule has 22 heteroatoms. The number of imide groups is 2. The van der Waals surface area contributed by atoms with Gasteiger partial charge in [-0.15, -0.1) is 0 Å². The first-order valence-electron chi connectivity index (χ1n) is 17.8. The van der Waals surface area contributed by atoms with E-state index in [4.69, 9.17) is 0 Å². The number of hydrogen-bond donors (Lipinski definition) is 3. The molecular weight excluding hydrogens is 791 g/mol. The average Bonchev–Trinajstić information content (AvgIpc) is 3.43. The standard InChI is InChI=1S/C36H35F4N11O6S/c1-48(58(2,56)57)31-25(41-11-12-42-31)18-43-30-24(36(38,39)40)17-44-35(47-30)45-21-4-6-22(7-5-21)50-15-13-49(14-16-50)19-20-3-8-23-28(29(20)37)34(55)51(33(23)54)26-9-10-27(52)46-32(26)53/h3-8,11-12,17,26H,9-10,13-16,18-19H2,1-2H3,(H,46,52,53)(H2,43,44,45,47). The van der Waals surface area contributed by atoms with Crippen molar-refractivity contribution in [3.8, 4) is 0 Å². The summed E-state index contributed by atoms with van der Waals surface area (Å²) in [6, 6.07) is 8.68. The molecule has 1 atom stereocenters. The van der Waals surface area contributed by atoms with Gasteiger partial charge in [-0.25, -0.2) is 22.8 Å². The number of carbonyl (C=O) groups is 4. The lowest BCUT2D eigenvalue weighted by Crippen LogP contribution is -2.54. The van der Waals surface area contributed by atoms with Crippen LogP contribution in [-0.4, -0.2) is 107 Å². The molecule has 2 fully saturated rings. The van der Waals surface area contributed by atoms with Gasteiger partial charge < -0.3 is 15.5 Å². The van der Waals surface area contributed by atoms with Crippen molar-refractivity contribution in [2.75, 3.05) is 59.3 Å². The fraction of sp³-hybridized carbons (Fsp3) is 0.333. The molecule has 7 rings (SSSR count). The topological polar surface area (TPSA) is 203 Å². The molecule has 3 N–H and O–H groups in total. The molecule has 3 aliphatic rings. The first-order valence-corrected chi connectivity index (χ1v) is 19.6. The zero-order valence-electron chi connectivity index (χ0n) is 30.9. The van der Waals surface area contributed by atoms with Crippen molar-refractivity contribution in [1.82, 2.24) is 35.1 Å². The number of anilines is 5. The summed E-state index contributed by atoms with van der Waals surface area (Å²) < 4.78 is 82.5. The highest BCUT2D eigenvalue weighted by molar-refractivity contribution is 7.92. The maximum Gasteiger partial charge on any atom is 0.421 e. The van der Waals surface area contributed by atoms with Crippen LogP contribution in [0.25, 0.3) is 0 Å². The molecule has 2 aromatic carbocycles. The van der Waals surface area contributed by atoms with Gasteiger partial charge in [-0.1, -0.05) is 6.07 Å². The van der Waals surface area contributed by atoms with Gasteiger partial charge in [-0.3, -0.25) is 43.6 Å². The van der Waals surface area contributed by atoms with Crippen LogP contribution in [-0.2, 0) is 38.9 Å². The maximum absolute atomic E-state index is 15.8. The van der Waals surface area contributed by atoms with Crippen molar-refractivity contribution in [3.05, 3.63) is 88.8 Å². The number of benzene rings is 2. The summed E-state index contributed by atoms with van der Waals surface area (Å²) in [6.07, 6.45) is -0.761. The number of carbonyl (C=O) groups excluding carboxylic acids is 4. The number of halogens is 4. The lowest BCUT2D eigenvalue weighted by molar-refractivity contribution is -0.138. The lowest BCUT2D eigenvalue weighted by atomic mass is 10.0. The highest BCUT2D eigenvalue weighted by Gasteiger charge is 2.46. The van der Waals surface area contributed by atoms with Gasteiger partial charge in [0.05, 0.1) is 23.9 Å². The number of alkyl halides is 3. The van der Waals surface area contributed by atoms with E-state index in [1.54, 1.807) is 12.1 Å². The SMILES string of the molecule is CN(c1nccnc1CNc1nc(Nc2ccc(N3CCN(Cc4ccc5c(c4F)C(=O)N(C4CCC(=O)NC4=O)C5=O)CC3)cc2)ncc1C(F)(F)F)S(C)(=O)=O. The number of nitrogens with zero attached hydrogens (tertiary/aromatic N) is 8. The lowest BCUT2D eigenvalue weighted by Gasteiger charge is -2.36. The number of rotatable bonds is 11. The molecule has 0 spiro atoms. The number of piperazine rings is 1. The zero-order chi connectivity index (χ0) is 41.5. The summed E-state index contributed by atoms with van der Waals surface area (Å²) >= 11 is 0. The summed E-state index contributed by atoms with van der Waals surface area (Å²) in [5.41, 5.74) is -0.0444. The van der Waals surface area contributed by atoms with E-state index in [2.05, 4.69) is 40.8 Å². The normalized spacial score (nSPS) is 17.7. The number of aromatic nitrogens is 4. The smallest absolute Gasteiger partial charge is 0.369 e. The predicted octanol–water partition coefficient (Wildman–Crippen LogP) is 2.90. The summed E-state index contributed by atoms with van der Waals surface area (Å²) in [5.74, 6) is -4.57. The summed E-state index contributed by atoms with van der Waals surface area (Å²) in [4.78, 5) is 71.0. The third-order valence-electron chi connectivity index (χ3n) is 9.95. The van der Waals surface area contributed by atoms with Crippen LogP contribution in [0, 0.1) is 5.82 Å². The van der Waals surface area contributed by atoms with Gasteiger partial charge in [0.15, 0.2) is 5.82 Å². The molecule has 2 aromatic heterocycles. The van der Waals surface area contributed by atoms with Crippen molar-refractivity contribution in [1.29, 1.82) is 0 Å². The quantitative estimate of drug-likeness (QED) is 0.147. The van der Waals surface area contributed by atoms with Crippen LogP contribution in [0.5, 0.6) is 0 Å². The largest absolute Gasteiger partial charge is 0.421 e. The summed E-state index contributed by atoms with van der Waals surface area (Å²) in [6.45, 7) is 2.01. The molecule has 0 bridgehead atoms. The molecule has 5 heterocycles.